The number of hydrogen-bond donors (Lipinski definition) is 1. The molecule has 1 aromatic rings. The van der Waals surface area contributed by atoms with Crippen LogP contribution in [-0.4, -0.2) is 39.9 Å². The predicted octanol–water partition coefficient (Wildman–Crippen LogP) is 1.76. The number of anilines is 1. The maximum atomic E-state index is 5.37. The van der Waals surface area contributed by atoms with E-state index in [-0.39, 0.29) is 0 Å². The van der Waals surface area contributed by atoms with Gasteiger partial charge in [0.05, 0.1) is 13.2 Å². The van der Waals surface area contributed by atoms with Gasteiger partial charge in [-0.15, -0.1) is 0 Å². The van der Waals surface area contributed by atoms with Crippen molar-refractivity contribution in [3.63, 3.8) is 0 Å². The summed E-state index contributed by atoms with van der Waals surface area (Å²) in [4.78, 5) is 2.37. The van der Waals surface area contributed by atoms with Gasteiger partial charge in [0.1, 0.15) is 0 Å². The third kappa shape index (κ3) is 3.58. The number of benzene rings is 1. The molecular weight excluding hydrogens is 212 g/mol. The molecule has 2 rings (SSSR count). The van der Waals surface area contributed by atoms with E-state index in [1.54, 1.807) is 0 Å². The average Bonchev–Trinajstić information content (AvgIpc) is 2.41. The molecule has 1 aromatic carbocycles. The second-order valence-electron chi connectivity index (χ2n) is 4.15. The minimum atomic E-state index is 0.833. The fourth-order valence-electron chi connectivity index (χ4n) is 1.96. The van der Waals surface area contributed by atoms with Crippen molar-refractivity contribution in [3.05, 3.63) is 35.9 Å². The second kappa shape index (κ2) is 6.42. The molecule has 1 fully saturated rings. The van der Waals surface area contributed by atoms with Gasteiger partial charge in [-0.05, 0) is 24.7 Å². The molecule has 0 aliphatic carbocycles. The zero-order chi connectivity index (χ0) is 11.9. The summed E-state index contributed by atoms with van der Waals surface area (Å²) < 4.78 is 5.37. The Labute approximate surface area is 103 Å². The lowest BCUT2D eigenvalue weighted by molar-refractivity contribution is 0.122. The van der Waals surface area contributed by atoms with E-state index in [0.717, 1.165) is 32.8 Å². The Kier molecular flexibility index (Phi) is 4.59. The molecule has 1 heterocycles. The van der Waals surface area contributed by atoms with Crippen molar-refractivity contribution in [1.82, 2.24) is 5.32 Å². The van der Waals surface area contributed by atoms with Crippen molar-refractivity contribution < 1.29 is 4.74 Å². The highest BCUT2D eigenvalue weighted by molar-refractivity contribution is 5.58. The van der Waals surface area contributed by atoms with Crippen LogP contribution >= 0.6 is 0 Å². The molecule has 1 N–H and O–H groups in total. The van der Waals surface area contributed by atoms with Crippen LogP contribution in [0, 0.1) is 0 Å². The summed E-state index contributed by atoms with van der Waals surface area (Å²) in [5.74, 6) is 0. The molecule has 0 spiro atoms. The quantitative estimate of drug-likeness (QED) is 0.856. The van der Waals surface area contributed by atoms with Gasteiger partial charge >= 0.3 is 0 Å². The largest absolute Gasteiger partial charge is 0.378 e. The van der Waals surface area contributed by atoms with Gasteiger partial charge in [0.2, 0.25) is 0 Å². The SMILES string of the molecule is CNCC=Cc1cccc(N2CCOCC2)c1. The molecule has 3 heteroatoms. The maximum Gasteiger partial charge on any atom is 0.0642 e. The highest BCUT2D eigenvalue weighted by Gasteiger charge is 2.10. The Hall–Kier alpha value is -1.32. The molecule has 0 atom stereocenters. The van der Waals surface area contributed by atoms with Crippen LogP contribution in [0.5, 0.6) is 0 Å². The molecule has 92 valence electrons. The molecule has 0 unspecified atom stereocenters. The molecule has 17 heavy (non-hydrogen) atoms. The normalized spacial score (nSPS) is 16.6. The average molecular weight is 232 g/mol. The van der Waals surface area contributed by atoms with Gasteiger partial charge in [-0.2, -0.15) is 0 Å². The standard InChI is InChI=1S/C14H20N2O/c1-15-7-3-5-13-4-2-6-14(12-13)16-8-10-17-11-9-16/h2-6,12,15H,7-11H2,1H3. The van der Waals surface area contributed by atoms with E-state index in [1.165, 1.54) is 11.3 Å². The topological polar surface area (TPSA) is 24.5 Å². The van der Waals surface area contributed by atoms with Crippen molar-refractivity contribution in [2.75, 3.05) is 44.8 Å². The van der Waals surface area contributed by atoms with Crippen molar-refractivity contribution in [3.8, 4) is 0 Å². The van der Waals surface area contributed by atoms with Crippen molar-refractivity contribution in [2.45, 2.75) is 0 Å². The molecule has 0 radical (unpaired) electrons. The number of likely N-dealkylation sites (N-methyl/N-ethyl adjacent to an activating group) is 1. The molecule has 1 aliphatic rings. The fraction of sp³-hybridized carbons (Fsp3) is 0.429. The Morgan fingerprint density at radius 1 is 1.35 bits per heavy atom. The summed E-state index contributed by atoms with van der Waals surface area (Å²) in [6.45, 7) is 4.55. The van der Waals surface area contributed by atoms with Crippen molar-refractivity contribution in [1.29, 1.82) is 0 Å². The van der Waals surface area contributed by atoms with Gasteiger partial charge in [-0.1, -0.05) is 24.3 Å². The van der Waals surface area contributed by atoms with Crippen LogP contribution in [0.15, 0.2) is 30.3 Å². The third-order valence-electron chi connectivity index (χ3n) is 2.88. The highest BCUT2D eigenvalue weighted by Crippen LogP contribution is 2.18. The van der Waals surface area contributed by atoms with Crippen LogP contribution in [0.2, 0.25) is 0 Å². The first-order valence-corrected chi connectivity index (χ1v) is 6.14. The van der Waals surface area contributed by atoms with E-state index >= 15 is 0 Å². The summed E-state index contributed by atoms with van der Waals surface area (Å²) in [6.07, 6.45) is 4.29. The number of nitrogens with one attached hydrogen (secondary N) is 1. The van der Waals surface area contributed by atoms with E-state index in [9.17, 15) is 0 Å². The monoisotopic (exact) mass is 232 g/mol. The molecular formula is C14H20N2O. The van der Waals surface area contributed by atoms with E-state index < -0.39 is 0 Å². The number of morpholine rings is 1. The minimum absolute atomic E-state index is 0.833. The first kappa shape index (κ1) is 12.1. The Balaban J connectivity index is 2.05. The van der Waals surface area contributed by atoms with Gasteiger partial charge in [-0.3, -0.25) is 0 Å². The van der Waals surface area contributed by atoms with Gasteiger partial charge in [0.15, 0.2) is 0 Å². The predicted molar refractivity (Wildman–Crippen MR) is 72.4 cm³/mol. The molecule has 0 bridgehead atoms. The van der Waals surface area contributed by atoms with E-state index in [4.69, 9.17) is 4.74 Å². The number of ether oxygens (including phenoxy) is 1. The fourth-order valence-corrected chi connectivity index (χ4v) is 1.96. The zero-order valence-corrected chi connectivity index (χ0v) is 10.4. The number of nitrogens with zero attached hydrogens (tertiary/aromatic N) is 1. The highest BCUT2D eigenvalue weighted by atomic mass is 16.5. The van der Waals surface area contributed by atoms with Gasteiger partial charge in [-0.25, -0.2) is 0 Å². The summed E-state index contributed by atoms with van der Waals surface area (Å²) in [6, 6.07) is 8.65. The first-order valence-electron chi connectivity index (χ1n) is 6.14. The second-order valence-corrected chi connectivity index (χ2v) is 4.15. The number of rotatable bonds is 4. The van der Waals surface area contributed by atoms with Crippen molar-refractivity contribution >= 4 is 11.8 Å². The summed E-state index contributed by atoms with van der Waals surface area (Å²) >= 11 is 0. The van der Waals surface area contributed by atoms with Crippen LogP contribution in [0.4, 0.5) is 5.69 Å². The third-order valence-corrected chi connectivity index (χ3v) is 2.88. The lowest BCUT2D eigenvalue weighted by Crippen LogP contribution is -2.36. The minimum Gasteiger partial charge on any atom is -0.378 e. The summed E-state index contributed by atoms with van der Waals surface area (Å²) in [5.41, 5.74) is 2.55. The molecule has 1 saturated heterocycles. The van der Waals surface area contributed by atoms with Crippen LogP contribution in [0.1, 0.15) is 5.56 Å². The Morgan fingerprint density at radius 2 is 2.18 bits per heavy atom. The van der Waals surface area contributed by atoms with E-state index in [1.807, 2.05) is 7.05 Å². The lowest BCUT2D eigenvalue weighted by atomic mass is 10.1. The first-order chi connectivity index (χ1) is 8.40. The summed E-state index contributed by atoms with van der Waals surface area (Å²) in [5, 5.41) is 3.10. The summed E-state index contributed by atoms with van der Waals surface area (Å²) in [7, 11) is 1.95. The molecule has 0 saturated carbocycles. The van der Waals surface area contributed by atoms with Crippen LogP contribution in [-0.2, 0) is 4.74 Å². The van der Waals surface area contributed by atoms with Crippen LogP contribution < -0.4 is 10.2 Å². The van der Waals surface area contributed by atoms with Crippen LogP contribution in [0.3, 0.4) is 0 Å². The van der Waals surface area contributed by atoms with Gasteiger partial charge < -0.3 is 15.0 Å². The number of hydrogen-bond acceptors (Lipinski definition) is 3. The zero-order valence-electron chi connectivity index (χ0n) is 10.4. The van der Waals surface area contributed by atoms with E-state index in [0.29, 0.717) is 0 Å². The maximum absolute atomic E-state index is 5.37. The lowest BCUT2D eigenvalue weighted by Gasteiger charge is -2.29. The molecule has 1 aliphatic heterocycles. The van der Waals surface area contributed by atoms with E-state index in [2.05, 4.69) is 46.6 Å². The molecule has 3 nitrogen and oxygen atoms in total. The smallest absolute Gasteiger partial charge is 0.0642 e. The van der Waals surface area contributed by atoms with Crippen LogP contribution in [0.25, 0.3) is 6.08 Å². The molecule has 0 aromatic heterocycles. The molecule has 0 amide bonds. The van der Waals surface area contributed by atoms with Gasteiger partial charge in [0, 0.05) is 25.3 Å². The Bertz CT molecular complexity index is 370. The van der Waals surface area contributed by atoms with Gasteiger partial charge in [0.25, 0.3) is 0 Å². The van der Waals surface area contributed by atoms with Crippen molar-refractivity contribution in [2.24, 2.45) is 0 Å². The Morgan fingerprint density at radius 3 is 2.94 bits per heavy atom.